The molecular formula is C17H22ClN5O2S. The molecule has 7 nitrogen and oxygen atoms in total. The van der Waals surface area contributed by atoms with E-state index in [1.54, 1.807) is 30.6 Å². The van der Waals surface area contributed by atoms with Crippen LogP contribution in [0.15, 0.2) is 47.6 Å². The van der Waals surface area contributed by atoms with Crippen molar-refractivity contribution < 1.29 is 8.42 Å². The minimum atomic E-state index is -3.63. The van der Waals surface area contributed by atoms with Crippen molar-refractivity contribution >= 4 is 27.6 Å². The molecule has 9 heteroatoms. The monoisotopic (exact) mass is 395 g/mol. The molecular weight excluding hydrogens is 374 g/mol. The molecule has 1 aromatic heterocycles. The van der Waals surface area contributed by atoms with Gasteiger partial charge in [-0.3, -0.25) is 0 Å². The second-order valence-corrected chi connectivity index (χ2v) is 8.81. The summed E-state index contributed by atoms with van der Waals surface area (Å²) in [5.41, 5.74) is 0. The van der Waals surface area contributed by atoms with Gasteiger partial charge in [0, 0.05) is 49.0 Å². The molecule has 1 aromatic carbocycles. The number of sulfonamides is 1. The maximum atomic E-state index is 12.8. The van der Waals surface area contributed by atoms with Crippen molar-refractivity contribution in [2.24, 2.45) is 5.92 Å². The topological polar surface area (TPSA) is 78.4 Å². The first kappa shape index (κ1) is 19.0. The van der Waals surface area contributed by atoms with Crippen LogP contribution in [0.2, 0.25) is 5.02 Å². The molecule has 140 valence electrons. The first-order chi connectivity index (χ1) is 12.3. The van der Waals surface area contributed by atoms with Crippen LogP contribution in [-0.2, 0) is 10.0 Å². The van der Waals surface area contributed by atoms with E-state index < -0.39 is 10.0 Å². The third kappa shape index (κ3) is 4.50. The number of benzene rings is 1. The highest BCUT2D eigenvalue weighted by molar-refractivity contribution is 7.89. The highest BCUT2D eigenvalue weighted by atomic mass is 35.5. The standard InChI is InChI=1S/C17H22ClN5O2S/c1-22(2)10-13-11-23(17-19-8-3-9-20-17)12-16(13)21-26(24,25)15-6-4-14(18)5-7-15/h3-9,13,16,21H,10-12H2,1-2H3/t13-,16-/m1/s1. The summed E-state index contributed by atoms with van der Waals surface area (Å²) in [5, 5.41) is 0.503. The fraction of sp³-hybridized carbons (Fsp3) is 0.412. The lowest BCUT2D eigenvalue weighted by atomic mass is 10.0. The third-order valence-electron chi connectivity index (χ3n) is 4.31. The fourth-order valence-corrected chi connectivity index (χ4v) is 4.58. The van der Waals surface area contributed by atoms with Crippen LogP contribution in [0.25, 0.3) is 0 Å². The molecule has 26 heavy (non-hydrogen) atoms. The van der Waals surface area contributed by atoms with Crippen LogP contribution in [0.5, 0.6) is 0 Å². The Morgan fingerprint density at radius 3 is 2.46 bits per heavy atom. The van der Waals surface area contributed by atoms with E-state index in [-0.39, 0.29) is 16.9 Å². The number of nitrogens with one attached hydrogen (secondary N) is 1. The minimum Gasteiger partial charge on any atom is -0.339 e. The van der Waals surface area contributed by atoms with Crippen molar-refractivity contribution in [2.45, 2.75) is 10.9 Å². The molecule has 2 aromatic rings. The van der Waals surface area contributed by atoms with Gasteiger partial charge in [0.1, 0.15) is 0 Å². The maximum absolute atomic E-state index is 12.8. The summed E-state index contributed by atoms with van der Waals surface area (Å²) in [5.74, 6) is 0.736. The number of nitrogens with zero attached hydrogens (tertiary/aromatic N) is 4. The molecule has 1 fully saturated rings. The summed E-state index contributed by atoms with van der Waals surface area (Å²) in [4.78, 5) is 12.8. The summed E-state index contributed by atoms with van der Waals surface area (Å²) >= 11 is 5.86. The van der Waals surface area contributed by atoms with Crippen molar-refractivity contribution in [2.75, 3.05) is 38.6 Å². The second-order valence-electron chi connectivity index (χ2n) is 6.66. The summed E-state index contributed by atoms with van der Waals surface area (Å²) in [6, 6.07) is 7.70. The van der Waals surface area contributed by atoms with E-state index in [4.69, 9.17) is 11.6 Å². The molecule has 1 aliphatic rings. The number of rotatable bonds is 6. The van der Waals surface area contributed by atoms with Crippen LogP contribution >= 0.6 is 11.6 Å². The lowest BCUT2D eigenvalue weighted by Crippen LogP contribution is -2.43. The molecule has 2 heterocycles. The second kappa shape index (κ2) is 7.87. The van der Waals surface area contributed by atoms with Gasteiger partial charge < -0.3 is 9.80 Å². The van der Waals surface area contributed by atoms with Gasteiger partial charge in [0.15, 0.2) is 0 Å². The SMILES string of the molecule is CN(C)C[C@@H]1CN(c2ncccn2)C[C@H]1NS(=O)(=O)c1ccc(Cl)cc1. The first-order valence-corrected chi connectivity index (χ1v) is 10.2. The van der Waals surface area contributed by atoms with Gasteiger partial charge in [-0.1, -0.05) is 11.6 Å². The zero-order valence-corrected chi connectivity index (χ0v) is 16.3. The minimum absolute atomic E-state index is 0.121. The Kier molecular flexibility index (Phi) is 5.76. The van der Waals surface area contributed by atoms with E-state index in [2.05, 4.69) is 19.6 Å². The molecule has 0 bridgehead atoms. The van der Waals surface area contributed by atoms with Crippen LogP contribution in [0.1, 0.15) is 0 Å². The third-order valence-corrected chi connectivity index (χ3v) is 6.06. The molecule has 0 saturated carbocycles. The molecule has 1 aliphatic heterocycles. The van der Waals surface area contributed by atoms with E-state index in [9.17, 15) is 8.42 Å². The zero-order chi connectivity index (χ0) is 18.7. The molecule has 0 amide bonds. The Morgan fingerprint density at radius 1 is 1.19 bits per heavy atom. The van der Waals surface area contributed by atoms with Crippen LogP contribution in [0.3, 0.4) is 0 Å². The first-order valence-electron chi connectivity index (χ1n) is 8.30. The van der Waals surface area contributed by atoms with Gasteiger partial charge in [-0.15, -0.1) is 0 Å². The van der Waals surface area contributed by atoms with Crippen molar-refractivity contribution in [3.8, 4) is 0 Å². The van der Waals surface area contributed by atoms with Gasteiger partial charge >= 0.3 is 0 Å². The average molecular weight is 396 g/mol. The van der Waals surface area contributed by atoms with Crippen LogP contribution in [-0.4, -0.2) is 63.1 Å². The van der Waals surface area contributed by atoms with Crippen molar-refractivity contribution in [1.29, 1.82) is 0 Å². The Bertz CT molecular complexity index is 830. The number of aromatic nitrogens is 2. The van der Waals surface area contributed by atoms with Gasteiger partial charge in [0.25, 0.3) is 0 Å². The number of halogens is 1. The molecule has 1 N–H and O–H groups in total. The van der Waals surface area contributed by atoms with E-state index in [1.807, 2.05) is 19.0 Å². The molecule has 3 rings (SSSR count). The quantitative estimate of drug-likeness (QED) is 0.798. The molecule has 0 unspecified atom stereocenters. The van der Waals surface area contributed by atoms with Crippen molar-refractivity contribution in [3.05, 3.63) is 47.7 Å². The normalized spacial score (nSPS) is 20.7. The fourth-order valence-electron chi connectivity index (χ4n) is 3.16. The van der Waals surface area contributed by atoms with Gasteiger partial charge in [-0.05, 0) is 44.4 Å². The molecule has 1 saturated heterocycles. The zero-order valence-electron chi connectivity index (χ0n) is 14.7. The number of hydrogen-bond donors (Lipinski definition) is 1. The van der Waals surface area contributed by atoms with Gasteiger partial charge in [0.05, 0.1) is 4.90 Å². The summed E-state index contributed by atoms with van der Waals surface area (Å²) in [7, 11) is 0.328. The highest BCUT2D eigenvalue weighted by Gasteiger charge is 2.37. The highest BCUT2D eigenvalue weighted by Crippen LogP contribution is 2.23. The Balaban J connectivity index is 1.80. The van der Waals surface area contributed by atoms with Gasteiger partial charge in [-0.25, -0.2) is 23.1 Å². The van der Waals surface area contributed by atoms with Crippen LogP contribution in [0.4, 0.5) is 5.95 Å². The summed E-state index contributed by atoms with van der Waals surface area (Å²) in [6.07, 6.45) is 3.38. The van der Waals surface area contributed by atoms with Gasteiger partial charge in [-0.2, -0.15) is 0 Å². The Labute approximate surface area is 159 Å². The molecule has 0 aliphatic carbocycles. The van der Waals surface area contributed by atoms with Crippen LogP contribution < -0.4 is 9.62 Å². The van der Waals surface area contributed by atoms with E-state index in [0.29, 0.717) is 24.1 Å². The number of anilines is 1. The molecule has 2 atom stereocenters. The smallest absolute Gasteiger partial charge is 0.240 e. The Morgan fingerprint density at radius 2 is 1.85 bits per heavy atom. The predicted molar refractivity (Wildman–Crippen MR) is 102 cm³/mol. The molecule has 0 radical (unpaired) electrons. The lowest BCUT2D eigenvalue weighted by Gasteiger charge is -2.22. The lowest BCUT2D eigenvalue weighted by molar-refractivity contribution is 0.315. The van der Waals surface area contributed by atoms with E-state index in [0.717, 1.165) is 6.54 Å². The Hall–Kier alpha value is -1.74. The summed E-state index contributed by atoms with van der Waals surface area (Å²) in [6.45, 7) is 1.97. The van der Waals surface area contributed by atoms with E-state index in [1.165, 1.54) is 12.1 Å². The summed E-state index contributed by atoms with van der Waals surface area (Å²) < 4.78 is 28.4. The molecule has 0 spiro atoms. The van der Waals surface area contributed by atoms with E-state index >= 15 is 0 Å². The van der Waals surface area contributed by atoms with Crippen molar-refractivity contribution in [3.63, 3.8) is 0 Å². The maximum Gasteiger partial charge on any atom is 0.240 e. The van der Waals surface area contributed by atoms with Crippen molar-refractivity contribution in [1.82, 2.24) is 19.6 Å². The predicted octanol–water partition coefficient (Wildman–Crippen LogP) is 1.47. The van der Waals surface area contributed by atoms with Crippen LogP contribution in [0, 0.1) is 5.92 Å². The largest absolute Gasteiger partial charge is 0.339 e. The average Bonchev–Trinajstić information content (AvgIpc) is 2.97. The number of hydrogen-bond acceptors (Lipinski definition) is 6. The van der Waals surface area contributed by atoms with Gasteiger partial charge in [0.2, 0.25) is 16.0 Å².